The fourth-order valence-corrected chi connectivity index (χ4v) is 3.59. The van der Waals surface area contributed by atoms with Crippen molar-refractivity contribution in [1.82, 2.24) is 15.1 Å². The molecule has 6 nitrogen and oxygen atoms in total. The van der Waals surface area contributed by atoms with Crippen LogP contribution in [0.2, 0.25) is 0 Å². The minimum Gasteiger partial charge on any atom is -0.420 e. The Labute approximate surface area is 151 Å². The Morgan fingerprint density at radius 2 is 1.85 bits per heavy atom. The average Bonchev–Trinajstić information content (AvgIpc) is 3.19. The molecule has 0 bridgehead atoms. The Morgan fingerprint density at radius 3 is 2.54 bits per heavy atom. The van der Waals surface area contributed by atoms with E-state index in [1.165, 1.54) is 12.1 Å². The fraction of sp³-hybridized carbons (Fsp3) is 0.526. The lowest BCUT2D eigenvalue weighted by molar-refractivity contribution is -0.147. The number of nitrogens with zero attached hydrogens (tertiary/aromatic N) is 3. The summed E-state index contributed by atoms with van der Waals surface area (Å²) in [6.45, 7) is 2.04. The number of hydrogen-bond acceptors (Lipinski definition) is 5. The van der Waals surface area contributed by atoms with Crippen molar-refractivity contribution in [3.63, 3.8) is 0 Å². The van der Waals surface area contributed by atoms with Crippen LogP contribution in [0.5, 0.6) is 0 Å². The largest absolute Gasteiger partial charge is 0.420 e. The molecule has 2 aromatic rings. The van der Waals surface area contributed by atoms with Crippen LogP contribution in [0.15, 0.2) is 28.7 Å². The Morgan fingerprint density at radius 1 is 1.08 bits per heavy atom. The van der Waals surface area contributed by atoms with E-state index >= 15 is 0 Å². The highest BCUT2D eigenvalue weighted by Gasteiger charge is 2.32. The number of ether oxygens (including phenoxy) is 1. The Hall–Kier alpha value is -2.28. The van der Waals surface area contributed by atoms with E-state index in [2.05, 4.69) is 10.2 Å². The molecule has 2 saturated heterocycles. The van der Waals surface area contributed by atoms with Gasteiger partial charge in [-0.1, -0.05) is 0 Å². The van der Waals surface area contributed by atoms with E-state index in [1.54, 1.807) is 12.1 Å². The molecule has 138 valence electrons. The maximum absolute atomic E-state index is 13.0. The Balaban J connectivity index is 1.36. The van der Waals surface area contributed by atoms with Gasteiger partial charge < -0.3 is 14.1 Å². The lowest BCUT2D eigenvalue weighted by Crippen LogP contribution is -2.45. The van der Waals surface area contributed by atoms with Gasteiger partial charge in [-0.05, 0) is 56.4 Å². The topological polar surface area (TPSA) is 68.5 Å². The van der Waals surface area contributed by atoms with Gasteiger partial charge in [0.2, 0.25) is 11.8 Å². The summed E-state index contributed by atoms with van der Waals surface area (Å²) >= 11 is 0. The highest BCUT2D eigenvalue weighted by Crippen LogP contribution is 2.30. The van der Waals surface area contributed by atoms with E-state index in [0.717, 1.165) is 32.1 Å². The van der Waals surface area contributed by atoms with E-state index in [9.17, 15) is 9.18 Å². The molecule has 2 fully saturated rings. The zero-order valence-corrected chi connectivity index (χ0v) is 14.6. The molecular weight excluding hydrogens is 337 g/mol. The first-order valence-electron chi connectivity index (χ1n) is 9.20. The zero-order chi connectivity index (χ0) is 17.9. The number of carbonyl (C=O) groups is 1. The second kappa shape index (κ2) is 7.53. The van der Waals surface area contributed by atoms with Gasteiger partial charge in [-0.15, -0.1) is 10.2 Å². The third kappa shape index (κ3) is 3.62. The molecule has 0 unspecified atom stereocenters. The molecule has 0 N–H and O–H groups in total. The summed E-state index contributed by atoms with van der Waals surface area (Å²) in [6.07, 6.45) is 4.24. The average molecular weight is 359 g/mol. The van der Waals surface area contributed by atoms with Gasteiger partial charge in [0, 0.05) is 31.2 Å². The van der Waals surface area contributed by atoms with Crippen LogP contribution in [0.25, 0.3) is 11.5 Å². The minimum absolute atomic E-state index is 0.112. The number of aromatic nitrogens is 2. The van der Waals surface area contributed by atoms with Gasteiger partial charge in [0.05, 0.1) is 0 Å². The van der Waals surface area contributed by atoms with Crippen LogP contribution in [0.1, 0.15) is 43.9 Å². The molecular formula is C19H22FN3O3. The van der Waals surface area contributed by atoms with Crippen molar-refractivity contribution in [2.24, 2.45) is 0 Å². The molecule has 0 spiro atoms. The van der Waals surface area contributed by atoms with Gasteiger partial charge in [0.15, 0.2) is 0 Å². The third-order valence-corrected chi connectivity index (χ3v) is 5.14. The number of carbonyl (C=O) groups excluding carboxylic acids is 1. The maximum Gasteiger partial charge on any atom is 0.251 e. The van der Waals surface area contributed by atoms with Crippen LogP contribution in [-0.4, -0.2) is 46.8 Å². The maximum atomic E-state index is 13.0. The molecule has 1 atom stereocenters. The number of likely N-dealkylation sites (tertiary alicyclic amines) is 1. The standard InChI is InChI=1S/C19H22FN3O3/c20-15-6-4-13(5-7-15)17-21-22-18(26-17)14-8-10-23(11-9-14)19(24)16-3-1-2-12-25-16/h4-7,14,16H,1-3,8-12H2/t16-/m1/s1. The van der Waals surface area contributed by atoms with Crippen molar-refractivity contribution in [3.05, 3.63) is 36.0 Å². The number of piperidine rings is 1. The van der Waals surface area contributed by atoms with E-state index in [1.807, 2.05) is 4.90 Å². The molecule has 0 radical (unpaired) electrons. The number of hydrogen-bond donors (Lipinski definition) is 0. The van der Waals surface area contributed by atoms with E-state index in [4.69, 9.17) is 9.15 Å². The van der Waals surface area contributed by atoms with Crippen LogP contribution in [0.3, 0.4) is 0 Å². The lowest BCUT2D eigenvalue weighted by atomic mass is 9.96. The van der Waals surface area contributed by atoms with Gasteiger partial charge in [0.1, 0.15) is 11.9 Å². The smallest absolute Gasteiger partial charge is 0.251 e. The Kier molecular flexibility index (Phi) is 4.97. The highest BCUT2D eigenvalue weighted by atomic mass is 19.1. The summed E-state index contributed by atoms with van der Waals surface area (Å²) in [5.41, 5.74) is 0.701. The van der Waals surface area contributed by atoms with Crippen LogP contribution < -0.4 is 0 Å². The molecule has 1 aromatic heterocycles. The molecule has 26 heavy (non-hydrogen) atoms. The summed E-state index contributed by atoms with van der Waals surface area (Å²) in [5.74, 6) is 0.945. The van der Waals surface area contributed by atoms with Crippen LogP contribution in [0.4, 0.5) is 4.39 Å². The molecule has 2 aliphatic heterocycles. The van der Waals surface area contributed by atoms with E-state index in [0.29, 0.717) is 37.0 Å². The Bertz CT molecular complexity index is 748. The van der Waals surface area contributed by atoms with Gasteiger partial charge in [-0.2, -0.15) is 0 Å². The molecule has 1 aromatic carbocycles. The minimum atomic E-state index is -0.299. The summed E-state index contributed by atoms with van der Waals surface area (Å²) in [4.78, 5) is 14.4. The number of amides is 1. The lowest BCUT2D eigenvalue weighted by Gasteiger charge is -2.34. The molecule has 2 aliphatic rings. The van der Waals surface area contributed by atoms with Gasteiger partial charge in [-0.25, -0.2) is 4.39 Å². The number of rotatable bonds is 3. The summed E-state index contributed by atoms with van der Waals surface area (Å²) in [6, 6.07) is 5.99. The SMILES string of the molecule is O=C([C@H]1CCCCO1)N1CCC(c2nnc(-c3ccc(F)cc3)o2)CC1. The normalized spacial score (nSPS) is 21.7. The second-order valence-electron chi connectivity index (χ2n) is 6.91. The molecule has 0 aliphatic carbocycles. The second-order valence-corrected chi connectivity index (χ2v) is 6.91. The van der Waals surface area contributed by atoms with Crippen LogP contribution in [0, 0.1) is 5.82 Å². The number of benzene rings is 1. The summed E-state index contributed by atoms with van der Waals surface area (Å²) < 4.78 is 24.4. The van der Waals surface area contributed by atoms with Crippen molar-refractivity contribution in [2.45, 2.75) is 44.1 Å². The fourth-order valence-electron chi connectivity index (χ4n) is 3.59. The van der Waals surface area contributed by atoms with E-state index < -0.39 is 0 Å². The summed E-state index contributed by atoms with van der Waals surface area (Å²) in [5, 5.41) is 8.24. The highest BCUT2D eigenvalue weighted by molar-refractivity contribution is 5.81. The van der Waals surface area contributed by atoms with Crippen molar-refractivity contribution < 1.29 is 18.3 Å². The van der Waals surface area contributed by atoms with Crippen molar-refractivity contribution >= 4 is 5.91 Å². The predicted molar refractivity (Wildman–Crippen MR) is 91.8 cm³/mol. The molecule has 7 heteroatoms. The summed E-state index contributed by atoms with van der Waals surface area (Å²) in [7, 11) is 0. The van der Waals surface area contributed by atoms with Crippen molar-refractivity contribution in [2.75, 3.05) is 19.7 Å². The quantitative estimate of drug-likeness (QED) is 0.842. The molecule has 4 rings (SSSR count). The van der Waals surface area contributed by atoms with E-state index in [-0.39, 0.29) is 23.7 Å². The number of halogens is 1. The third-order valence-electron chi connectivity index (χ3n) is 5.14. The first kappa shape index (κ1) is 17.1. The molecule has 1 amide bonds. The molecule has 0 saturated carbocycles. The van der Waals surface area contributed by atoms with Gasteiger partial charge >= 0.3 is 0 Å². The first-order valence-corrected chi connectivity index (χ1v) is 9.20. The van der Waals surface area contributed by atoms with Gasteiger partial charge in [0.25, 0.3) is 5.91 Å². The van der Waals surface area contributed by atoms with Gasteiger partial charge in [-0.3, -0.25) is 4.79 Å². The molecule has 3 heterocycles. The van der Waals surface area contributed by atoms with Crippen molar-refractivity contribution in [1.29, 1.82) is 0 Å². The predicted octanol–water partition coefficient (Wildman–Crippen LogP) is 3.15. The van der Waals surface area contributed by atoms with Crippen LogP contribution in [-0.2, 0) is 9.53 Å². The van der Waals surface area contributed by atoms with Crippen molar-refractivity contribution in [3.8, 4) is 11.5 Å². The monoisotopic (exact) mass is 359 g/mol. The zero-order valence-electron chi connectivity index (χ0n) is 14.6. The first-order chi connectivity index (χ1) is 12.7. The van der Waals surface area contributed by atoms with Crippen LogP contribution >= 0.6 is 0 Å².